The van der Waals surface area contributed by atoms with E-state index in [-0.39, 0.29) is 0 Å². The SMILES string of the molecule is CCCCCCCCCCCCCCCCC1CCCCCCCCCCCCCCCCC1C. The minimum Gasteiger partial charge on any atom is -0.0654 e. The van der Waals surface area contributed by atoms with E-state index in [2.05, 4.69) is 13.8 Å². The zero-order valence-electron chi connectivity index (χ0n) is 25.1. The second-order valence-electron chi connectivity index (χ2n) is 12.6. The first-order valence-electron chi connectivity index (χ1n) is 17.3. The summed E-state index contributed by atoms with van der Waals surface area (Å²) >= 11 is 0. The lowest BCUT2D eigenvalue weighted by atomic mass is 9.81. The molecule has 2 unspecified atom stereocenters. The Bertz CT molecular complexity index is 385. The van der Waals surface area contributed by atoms with Crippen LogP contribution in [0.1, 0.15) is 213 Å². The molecule has 0 heteroatoms. The quantitative estimate of drug-likeness (QED) is 0.200. The average Bonchev–Trinajstić information content (AvgIpc) is 2.86. The highest BCUT2D eigenvalue weighted by Crippen LogP contribution is 2.30. The largest absolute Gasteiger partial charge is 0.0654 e. The second-order valence-corrected chi connectivity index (χ2v) is 12.6. The van der Waals surface area contributed by atoms with Crippen LogP contribution < -0.4 is 0 Å². The van der Waals surface area contributed by atoms with Crippen LogP contribution in [0.5, 0.6) is 0 Å². The maximum absolute atomic E-state index is 2.60. The molecule has 1 aliphatic rings. The van der Waals surface area contributed by atoms with Gasteiger partial charge in [0.15, 0.2) is 0 Å². The first kappa shape index (κ1) is 33.0. The maximum atomic E-state index is 2.60. The van der Waals surface area contributed by atoms with E-state index in [0.29, 0.717) is 0 Å². The van der Waals surface area contributed by atoms with Gasteiger partial charge in [-0.25, -0.2) is 0 Å². The maximum Gasteiger partial charge on any atom is -0.0388 e. The predicted molar refractivity (Wildman–Crippen MR) is 161 cm³/mol. The van der Waals surface area contributed by atoms with E-state index >= 15 is 0 Å². The molecule has 0 heterocycles. The van der Waals surface area contributed by atoms with Gasteiger partial charge in [0, 0.05) is 0 Å². The molecular weight excluding hydrogens is 420 g/mol. The number of unbranched alkanes of at least 4 members (excludes halogenated alkanes) is 13. The lowest BCUT2D eigenvalue weighted by molar-refractivity contribution is 0.274. The lowest BCUT2D eigenvalue weighted by Crippen LogP contribution is -2.12. The van der Waals surface area contributed by atoms with Crippen LogP contribution in [0.25, 0.3) is 0 Å². The molecule has 0 amide bonds. The lowest BCUT2D eigenvalue weighted by Gasteiger charge is -2.24. The summed E-state index contributed by atoms with van der Waals surface area (Å²) in [5.41, 5.74) is 0. The molecule has 0 spiro atoms. The van der Waals surface area contributed by atoms with E-state index in [0.717, 1.165) is 11.8 Å². The van der Waals surface area contributed by atoms with Crippen molar-refractivity contribution in [3.8, 4) is 0 Å². The summed E-state index contributed by atoms with van der Waals surface area (Å²) in [6, 6.07) is 0. The fourth-order valence-corrected chi connectivity index (χ4v) is 6.54. The summed E-state index contributed by atoms with van der Waals surface area (Å²) in [4.78, 5) is 0. The molecule has 0 radical (unpaired) electrons. The zero-order chi connectivity index (χ0) is 25.1. The van der Waals surface area contributed by atoms with Crippen molar-refractivity contribution in [1.82, 2.24) is 0 Å². The Labute approximate surface area is 224 Å². The van der Waals surface area contributed by atoms with E-state index in [1.807, 2.05) is 0 Å². The Hall–Kier alpha value is 0. The van der Waals surface area contributed by atoms with Gasteiger partial charge in [-0.15, -0.1) is 0 Å². The zero-order valence-corrected chi connectivity index (χ0v) is 25.1. The van der Waals surface area contributed by atoms with Crippen molar-refractivity contribution in [2.75, 3.05) is 0 Å². The van der Waals surface area contributed by atoms with Gasteiger partial charge < -0.3 is 0 Å². The molecular formula is C35H70. The van der Waals surface area contributed by atoms with Crippen molar-refractivity contribution in [3.05, 3.63) is 0 Å². The summed E-state index contributed by atoms with van der Waals surface area (Å²) in [7, 11) is 0. The average molecular weight is 491 g/mol. The van der Waals surface area contributed by atoms with E-state index in [1.165, 1.54) is 199 Å². The topological polar surface area (TPSA) is 0 Å². The molecule has 0 N–H and O–H groups in total. The molecule has 2 atom stereocenters. The Morgan fingerprint density at radius 2 is 0.686 bits per heavy atom. The van der Waals surface area contributed by atoms with Crippen LogP contribution in [0.3, 0.4) is 0 Å². The normalized spacial score (nSPS) is 22.5. The fraction of sp³-hybridized carbons (Fsp3) is 1.00. The van der Waals surface area contributed by atoms with Crippen LogP contribution in [0.4, 0.5) is 0 Å². The van der Waals surface area contributed by atoms with Crippen molar-refractivity contribution >= 4 is 0 Å². The molecule has 1 fully saturated rings. The molecule has 0 aromatic carbocycles. The van der Waals surface area contributed by atoms with Crippen LogP contribution in [0.15, 0.2) is 0 Å². The summed E-state index contributed by atoms with van der Waals surface area (Å²) in [6.45, 7) is 4.92. The third-order valence-corrected chi connectivity index (χ3v) is 9.22. The van der Waals surface area contributed by atoms with E-state index in [4.69, 9.17) is 0 Å². The Morgan fingerprint density at radius 1 is 0.371 bits per heavy atom. The Balaban J connectivity index is 2.10. The van der Waals surface area contributed by atoms with Crippen molar-refractivity contribution in [3.63, 3.8) is 0 Å². The monoisotopic (exact) mass is 491 g/mol. The molecule has 1 aliphatic carbocycles. The molecule has 0 aliphatic heterocycles. The van der Waals surface area contributed by atoms with Crippen molar-refractivity contribution in [1.29, 1.82) is 0 Å². The summed E-state index contributed by atoms with van der Waals surface area (Å²) in [6.07, 6.45) is 46.3. The summed E-state index contributed by atoms with van der Waals surface area (Å²) in [5, 5.41) is 0. The van der Waals surface area contributed by atoms with E-state index in [1.54, 1.807) is 0 Å². The predicted octanol–water partition coefficient (Wildman–Crippen LogP) is 13.4. The highest BCUT2D eigenvalue weighted by Gasteiger charge is 2.16. The fourth-order valence-electron chi connectivity index (χ4n) is 6.54. The minimum atomic E-state index is 0.968. The third kappa shape index (κ3) is 22.9. The highest BCUT2D eigenvalue weighted by molar-refractivity contribution is 4.68. The first-order chi connectivity index (χ1) is 17.3. The number of hydrogen-bond acceptors (Lipinski definition) is 0. The molecule has 0 saturated heterocycles. The Kier molecular flexibility index (Phi) is 25.5. The molecule has 0 aromatic rings. The summed E-state index contributed by atoms with van der Waals surface area (Å²) in [5.74, 6) is 1.99. The molecule has 0 bridgehead atoms. The molecule has 0 nitrogen and oxygen atoms in total. The molecule has 1 saturated carbocycles. The van der Waals surface area contributed by atoms with Crippen molar-refractivity contribution < 1.29 is 0 Å². The molecule has 210 valence electrons. The molecule has 35 heavy (non-hydrogen) atoms. The van der Waals surface area contributed by atoms with Gasteiger partial charge in [0.1, 0.15) is 0 Å². The number of hydrogen-bond donors (Lipinski definition) is 0. The number of rotatable bonds is 15. The standard InChI is InChI=1S/C35H70/c1-3-4-5-6-7-8-9-10-14-17-20-23-26-29-32-35-33-30-27-24-21-18-15-12-11-13-16-19-22-25-28-31-34(35)2/h34-35H,3-33H2,1-2H3. The van der Waals surface area contributed by atoms with Gasteiger partial charge in [0.05, 0.1) is 0 Å². The van der Waals surface area contributed by atoms with Crippen LogP contribution in [-0.2, 0) is 0 Å². The van der Waals surface area contributed by atoms with Crippen LogP contribution in [0.2, 0.25) is 0 Å². The van der Waals surface area contributed by atoms with Gasteiger partial charge in [-0.05, 0) is 11.8 Å². The third-order valence-electron chi connectivity index (χ3n) is 9.22. The van der Waals surface area contributed by atoms with E-state index in [9.17, 15) is 0 Å². The van der Waals surface area contributed by atoms with Gasteiger partial charge >= 0.3 is 0 Å². The van der Waals surface area contributed by atoms with Crippen LogP contribution >= 0.6 is 0 Å². The first-order valence-corrected chi connectivity index (χ1v) is 17.3. The van der Waals surface area contributed by atoms with Gasteiger partial charge in [-0.1, -0.05) is 213 Å². The van der Waals surface area contributed by atoms with Crippen LogP contribution in [0, 0.1) is 11.8 Å². The van der Waals surface area contributed by atoms with E-state index < -0.39 is 0 Å². The van der Waals surface area contributed by atoms with Gasteiger partial charge in [-0.3, -0.25) is 0 Å². The van der Waals surface area contributed by atoms with Gasteiger partial charge in [0.25, 0.3) is 0 Å². The second kappa shape index (κ2) is 27.0. The van der Waals surface area contributed by atoms with Crippen molar-refractivity contribution in [2.24, 2.45) is 11.8 Å². The van der Waals surface area contributed by atoms with Gasteiger partial charge in [0.2, 0.25) is 0 Å². The Morgan fingerprint density at radius 3 is 1.09 bits per heavy atom. The molecule has 0 aromatic heterocycles. The van der Waals surface area contributed by atoms with Gasteiger partial charge in [-0.2, -0.15) is 0 Å². The van der Waals surface area contributed by atoms with Crippen molar-refractivity contribution in [2.45, 2.75) is 213 Å². The van der Waals surface area contributed by atoms with Crippen LogP contribution in [-0.4, -0.2) is 0 Å². The minimum absolute atomic E-state index is 0.968. The molecule has 1 rings (SSSR count). The summed E-state index contributed by atoms with van der Waals surface area (Å²) < 4.78 is 0. The highest BCUT2D eigenvalue weighted by atomic mass is 14.2. The smallest absolute Gasteiger partial charge is 0.0388 e.